The highest BCUT2D eigenvalue weighted by molar-refractivity contribution is 5.68. The van der Waals surface area contributed by atoms with E-state index in [1.165, 1.54) is 24.0 Å². The lowest BCUT2D eigenvalue weighted by Gasteiger charge is -2.49. The molecule has 4 aliphatic rings. The van der Waals surface area contributed by atoms with Crippen LogP contribution in [-0.2, 0) is 0 Å². The van der Waals surface area contributed by atoms with Gasteiger partial charge in [-0.25, -0.2) is 0 Å². The number of benzene rings is 1. The Morgan fingerprint density at radius 3 is 2.80 bits per heavy atom. The van der Waals surface area contributed by atoms with Gasteiger partial charge in [-0.05, 0) is 56.1 Å². The first-order valence-corrected chi connectivity index (χ1v) is 10.6. The van der Waals surface area contributed by atoms with Crippen LogP contribution in [0, 0.1) is 5.41 Å². The van der Waals surface area contributed by atoms with Crippen LogP contribution in [0.4, 0.5) is 5.69 Å². The number of nitrogens with one attached hydrogen (secondary N) is 1. The molecule has 2 heterocycles. The molecule has 2 saturated carbocycles. The first-order valence-electron chi connectivity index (χ1n) is 10.6. The molecule has 0 radical (unpaired) electrons. The van der Waals surface area contributed by atoms with Crippen molar-refractivity contribution in [2.75, 3.05) is 19.0 Å². The van der Waals surface area contributed by atoms with Crippen molar-refractivity contribution in [2.24, 2.45) is 5.41 Å². The van der Waals surface area contributed by atoms with Gasteiger partial charge < -0.3 is 19.1 Å². The first-order chi connectivity index (χ1) is 14.7. The van der Waals surface area contributed by atoms with E-state index >= 15 is 0 Å². The van der Waals surface area contributed by atoms with Crippen molar-refractivity contribution in [3.05, 3.63) is 47.6 Å². The Morgan fingerprint density at radius 2 is 2.07 bits per heavy atom. The molecule has 0 amide bonds. The summed E-state index contributed by atoms with van der Waals surface area (Å²) in [7, 11) is 1.57. The normalized spacial score (nSPS) is 19.5. The van der Waals surface area contributed by atoms with E-state index < -0.39 is 0 Å². The Bertz CT molecular complexity index is 1120. The number of nitrogens with zero attached hydrogens (tertiary/aromatic N) is 3. The Labute approximate surface area is 174 Å². The van der Waals surface area contributed by atoms with Gasteiger partial charge in [0.1, 0.15) is 5.69 Å². The zero-order valence-electron chi connectivity index (χ0n) is 17.0. The van der Waals surface area contributed by atoms with Crippen LogP contribution in [0.15, 0.2) is 45.0 Å². The molecular weight excluding hydrogens is 380 g/mol. The summed E-state index contributed by atoms with van der Waals surface area (Å²) in [6.45, 7) is 0.965. The number of aromatic nitrogens is 3. The molecule has 1 N–H and O–H groups in total. The minimum Gasteiger partial charge on any atom is -0.467 e. The van der Waals surface area contributed by atoms with Crippen LogP contribution in [0.5, 0.6) is 5.95 Å². The van der Waals surface area contributed by atoms with Gasteiger partial charge in [0.15, 0.2) is 5.82 Å². The molecule has 2 aromatic heterocycles. The van der Waals surface area contributed by atoms with Gasteiger partial charge in [-0.1, -0.05) is 28.0 Å². The fraction of sp³-hybridized carbons (Fsp3) is 0.435. The average molecular weight is 404 g/mol. The predicted molar refractivity (Wildman–Crippen MR) is 111 cm³/mol. The van der Waals surface area contributed by atoms with E-state index in [9.17, 15) is 0 Å². The Morgan fingerprint density at radius 1 is 1.17 bits per heavy atom. The van der Waals surface area contributed by atoms with Crippen molar-refractivity contribution in [1.29, 1.82) is 0 Å². The Balaban J connectivity index is 1.12. The van der Waals surface area contributed by atoms with Gasteiger partial charge in [0.2, 0.25) is 0 Å². The van der Waals surface area contributed by atoms with Crippen molar-refractivity contribution in [3.63, 3.8) is 0 Å². The lowest BCUT2D eigenvalue weighted by Crippen LogP contribution is -2.41. The highest BCUT2D eigenvalue weighted by Gasteiger charge is 2.46. The minimum atomic E-state index is 0.339. The number of allylic oxidation sites excluding steroid dienone is 2. The zero-order chi connectivity index (χ0) is 20.1. The van der Waals surface area contributed by atoms with Crippen LogP contribution in [0.3, 0.4) is 0 Å². The van der Waals surface area contributed by atoms with E-state index in [0.29, 0.717) is 17.3 Å². The third-order valence-electron chi connectivity index (χ3n) is 6.67. The van der Waals surface area contributed by atoms with Gasteiger partial charge in [0.05, 0.1) is 13.2 Å². The molecule has 154 valence electrons. The average Bonchev–Trinajstić information content (AvgIpc) is 3.30. The SMILES string of the molecule is COc1cc(-c2cccc(NCC34CCC(c5nc(C6CC6)no5)=C(C3)C4)c2)no1. The maximum absolute atomic E-state index is 5.57. The number of ether oxygens (including phenoxy) is 1. The van der Waals surface area contributed by atoms with E-state index in [-0.39, 0.29) is 0 Å². The van der Waals surface area contributed by atoms with Gasteiger partial charge in [-0.2, -0.15) is 4.98 Å². The number of methoxy groups -OCH3 is 1. The summed E-state index contributed by atoms with van der Waals surface area (Å²) < 4.78 is 15.8. The molecule has 7 rings (SSSR count). The maximum Gasteiger partial charge on any atom is 0.311 e. The summed E-state index contributed by atoms with van der Waals surface area (Å²) in [5.41, 5.74) is 6.02. The highest BCUT2D eigenvalue weighted by atomic mass is 16.6. The second-order valence-electron chi connectivity index (χ2n) is 8.84. The van der Waals surface area contributed by atoms with Crippen LogP contribution < -0.4 is 10.1 Å². The third-order valence-corrected chi connectivity index (χ3v) is 6.67. The first kappa shape index (κ1) is 17.7. The van der Waals surface area contributed by atoms with Crippen molar-refractivity contribution in [3.8, 4) is 17.2 Å². The van der Waals surface area contributed by atoms with E-state index in [2.05, 4.69) is 32.7 Å². The molecule has 2 fully saturated rings. The second-order valence-corrected chi connectivity index (χ2v) is 8.84. The Kier molecular flexibility index (Phi) is 3.97. The number of hydrogen-bond acceptors (Lipinski definition) is 7. The van der Waals surface area contributed by atoms with Crippen molar-refractivity contribution in [2.45, 2.75) is 44.4 Å². The lowest BCUT2D eigenvalue weighted by molar-refractivity contribution is 0.191. The number of fused-ring (bicyclic) bond motifs is 2. The van der Waals surface area contributed by atoms with Crippen LogP contribution in [-0.4, -0.2) is 29.0 Å². The number of rotatable bonds is 7. The molecular formula is C23H24N4O3. The van der Waals surface area contributed by atoms with Gasteiger partial charge in [0, 0.05) is 29.3 Å². The van der Waals surface area contributed by atoms with Crippen LogP contribution >= 0.6 is 0 Å². The third kappa shape index (κ3) is 3.09. The molecule has 30 heavy (non-hydrogen) atoms. The van der Waals surface area contributed by atoms with Crippen LogP contribution in [0.1, 0.15) is 56.2 Å². The molecule has 7 heteroatoms. The monoisotopic (exact) mass is 404 g/mol. The minimum absolute atomic E-state index is 0.339. The van der Waals surface area contributed by atoms with Crippen molar-refractivity contribution in [1.82, 2.24) is 15.3 Å². The maximum atomic E-state index is 5.57. The van der Waals surface area contributed by atoms with Crippen molar-refractivity contribution >= 4 is 11.3 Å². The van der Waals surface area contributed by atoms with E-state index in [4.69, 9.17) is 13.8 Å². The molecule has 0 atom stereocenters. The lowest BCUT2D eigenvalue weighted by atomic mass is 9.57. The van der Waals surface area contributed by atoms with Crippen molar-refractivity contribution < 1.29 is 13.8 Å². The topological polar surface area (TPSA) is 86.2 Å². The van der Waals surface area contributed by atoms with E-state index in [0.717, 1.165) is 60.9 Å². The number of anilines is 1. The quantitative estimate of drug-likeness (QED) is 0.589. The summed E-state index contributed by atoms with van der Waals surface area (Å²) in [6.07, 6.45) is 6.83. The number of hydrogen-bond donors (Lipinski definition) is 1. The molecule has 3 aromatic rings. The smallest absolute Gasteiger partial charge is 0.311 e. The van der Waals surface area contributed by atoms with E-state index in [1.54, 1.807) is 13.2 Å². The molecule has 2 bridgehead atoms. The molecule has 0 spiro atoms. The summed E-state index contributed by atoms with van der Waals surface area (Å²) in [5, 5.41) is 11.9. The van der Waals surface area contributed by atoms with Gasteiger partial charge in [-0.3, -0.25) is 0 Å². The van der Waals surface area contributed by atoms with Gasteiger partial charge >= 0.3 is 5.95 Å². The van der Waals surface area contributed by atoms with E-state index in [1.807, 2.05) is 12.1 Å². The fourth-order valence-corrected chi connectivity index (χ4v) is 4.72. The Hall–Kier alpha value is -3.09. The molecule has 7 nitrogen and oxygen atoms in total. The summed E-state index contributed by atoms with van der Waals surface area (Å²) >= 11 is 0. The largest absolute Gasteiger partial charge is 0.467 e. The van der Waals surface area contributed by atoms with Crippen LogP contribution in [0.25, 0.3) is 16.8 Å². The standard InChI is InChI=1S/C23H24N4O3/c1-28-20-10-19(26-29-20)15-3-2-4-17(9-15)24-13-23-8-7-18(16(11-23)12-23)22-25-21(27-30-22)14-5-6-14/h2-4,9-10,14,24H,5-8,11-13H2,1H3. The molecule has 0 aliphatic heterocycles. The van der Waals surface area contributed by atoms with Gasteiger partial charge in [-0.15, -0.1) is 0 Å². The zero-order valence-corrected chi connectivity index (χ0v) is 17.0. The summed E-state index contributed by atoms with van der Waals surface area (Å²) in [4.78, 5) is 4.66. The molecule has 0 saturated heterocycles. The molecule has 0 unspecified atom stereocenters. The second kappa shape index (κ2) is 6.72. The highest BCUT2D eigenvalue weighted by Crippen LogP contribution is 2.57. The predicted octanol–water partition coefficient (Wildman–Crippen LogP) is 5.05. The fourth-order valence-electron chi connectivity index (χ4n) is 4.72. The summed E-state index contributed by atoms with van der Waals surface area (Å²) in [5.74, 6) is 2.62. The van der Waals surface area contributed by atoms with Crippen LogP contribution in [0.2, 0.25) is 0 Å². The molecule has 1 aromatic carbocycles. The molecule has 4 aliphatic carbocycles. The summed E-state index contributed by atoms with van der Waals surface area (Å²) in [6, 6.07) is 10.1. The van der Waals surface area contributed by atoms with Gasteiger partial charge in [0.25, 0.3) is 5.89 Å².